The minimum atomic E-state index is -1.10. The van der Waals surface area contributed by atoms with Crippen LogP contribution >= 0.6 is 0 Å². The second-order valence-electron chi connectivity index (χ2n) is 6.22. The highest BCUT2D eigenvalue weighted by molar-refractivity contribution is 5.99. The number of nitrogens with zero attached hydrogens (tertiary/aromatic N) is 2. The fourth-order valence-corrected chi connectivity index (χ4v) is 2.72. The number of hydrogen-bond acceptors (Lipinski definition) is 4. The first-order valence-corrected chi connectivity index (χ1v) is 7.92. The summed E-state index contributed by atoms with van der Waals surface area (Å²) in [6.45, 7) is 4.45. The van der Waals surface area contributed by atoms with E-state index in [0.29, 0.717) is 13.0 Å². The van der Waals surface area contributed by atoms with E-state index in [9.17, 15) is 20.0 Å². The highest BCUT2D eigenvalue weighted by Gasteiger charge is 2.24. The van der Waals surface area contributed by atoms with Crippen LogP contribution < -0.4 is 10.2 Å². The molecule has 0 saturated heterocycles. The molecule has 1 aliphatic heterocycles. The Hall–Kier alpha value is -2.81. The Morgan fingerprint density at radius 1 is 1.42 bits per heavy atom. The number of amides is 1. The van der Waals surface area contributed by atoms with Gasteiger partial charge in [-0.15, -0.1) is 0 Å². The van der Waals surface area contributed by atoms with Gasteiger partial charge in [0.25, 0.3) is 5.91 Å². The molecule has 0 radical (unpaired) electrons. The number of carbonyl (C=O) groups excluding carboxylic acids is 1. The highest BCUT2D eigenvalue weighted by atomic mass is 16.4. The molecule has 1 atom stereocenters. The first-order chi connectivity index (χ1) is 11.4. The standard InChI is InChI=1S/C18H21N3O3/c1-12(2)9-15(18(23)24)20-17(22)14(10-19)11-21-8-7-13-5-3-4-6-16(13)21/h3-6,11-12,15H,7-9H2,1-2H3,(H,20,22)(H,23,24)/b14-11-. The van der Waals surface area contributed by atoms with Crippen LogP contribution in [0.1, 0.15) is 25.8 Å². The molecule has 0 aliphatic carbocycles. The van der Waals surface area contributed by atoms with Gasteiger partial charge in [0.05, 0.1) is 0 Å². The maximum Gasteiger partial charge on any atom is 0.326 e. The molecular weight excluding hydrogens is 306 g/mol. The molecule has 1 aromatic rings. The molecule has 0 spiro atoms. The first-order valence-electron chi connectivity index (χ1n) is 7.92. The smallest absolute Gasteiger partial charge is 0.326 e. The van der Waals surface area contributed by atoms with E-state index in [-0.39, 0.29) is 11.5 Å². The maximum absolute atomic E-state index is 12.3. The van der Waals surface area contributed by atoms with Crippen molar-refractivity contribution in [1.29, 1.82) is 5.26 Å². The van der Waals surface area contributed by atoms with Crippen LogP contribution in [-0.4, -0.2) is 29.6 Å². The third kappa shape index (κ3) is 4.13. The van der Waals surface area contributed by atoms with Gasteiger partial charge in [-0.2, -0.15) is 5.26 Å². The fraction of sp³-hybridized carbons (Fsp3) is 0.389. The molecule has 2 N–H and O–H groups in total. The van der Waals surface area contributed by atoms with Gasteiger partial charge in [-0.3, -0.25) is 4.79 Å². The Balaban J connectivity index is 2.15. The number of para-hydroxylation sites is 1. The number of aliphatic carboxylic acids is 1. The van der Waals surface area contributed by atoms with Crippen molar-refractivity contribution in [2.75, 3.05) is 11.4 Å². The highest BCUT2D eigenvalue weighted by Crippen LogP contribution is 2.28. The quantitative estimate of drug-likeness (QED) is 0.616. The Labute approximate surface area is 141 Å². The largest absolute Gasteiger partial charge is 0.480 e. The van der Waals surface area contributed by atoms with Crippen LogP contribution in [0.4, 0.5) is 5.69 Å². The Kier molecular flexibility index (Phi) is 5.59. The van der Waals surface area contributed by atoms with Crippen LogP contribution in [0, 0.1) is 17.2 Å². The zero-order valence-electron chi connectivity index (χ0n) is 13.8. The predicted molar refractivity (Wildman–Crippen MR) is 90.2 cm³/mol. The number of hydrogen-bond donors (Lipinski definition) is 2. The Bertz CT molecular complexity index is 704. The lowest BCUT2D eigenvalue weighted by Crippen LogP contribution is -2.42. The van der Waals surface area contributed by atoms with Crippen molar-refractivity contribution in [2.45, 2.75) is 32.7 Å². The van der Waals surface area contributed by atoms with Crippen molar-refractivity contribution in [3.8, 4) is 6.07 Å². The summed E-state index contributed by atoms with van der Waals surface area (Å²) in [5.41, 5.74) is 2.03. The van der Waals surface area contributed by atoms with E-state index in [0.717, 1.165) is 17.7 Å². The first kappa shape index (κ1) is 17.5. The van der Waals surface area contributed by atoms with Crippen molar-refractivity contribution in [2.24, 2.45) is 5.92 Å². The van der Waals surface area contributed by atoms with Gasteiger partial charge in [-0.05, 0) is 30.4 Å². The van der Waals surface area contributed by atoms with Crippen LogP contribution in [0.15, 0.2) is 36.0 Å². The summed E-state index contributed by atoms with van der Waals surface area (Å²) < 4.78 is 0. The lowest BCUT2D eigenvalue weighted by atomic mass is 10.0. The molecule has 1 aromatic carbocycles. The SMILES string of the molecule is CC(C)CC(NC(=O)/C(C#N)=C\N1CCc2ccccc21)C(=O)O. The fourth-order valence-electron chi connectivity index (χ4n) is 2.72. The third-order valence-electron chi connectivity index (χ3n) is 3.88. The minimum absolute atomic E-state index is 0.0956. The number of anilines is 1. The van der Waals surface area contributed by atoms with E-state index >= 15 is 0 Å². The average Bonchev–Trinajstić information content (AvgIpc) is 2.94. The number of nitriles is 1. The molecular formula is C18H21N3O3. The topological polar surface area (TPSA) is 93.4 Å². The summed E-state index contributed by atoms with van der Waals surface area (Å²) >= 11 is 0. The number of rotatable bonds is 6. The molecule has 24 heavy (non-hydrogen) atoms. The molecule has 6 nitrogen and oxygen atoms in total. The number of carbonyl (C=O) groups is 2. The van der Waals surface area contributed by atoms with E-state index in [4.69, 9.17) is 0 Å². The molecule has 0 bridgehead atoms. The van der Waals surface area contributed by atoms with Crippen molar-refractivity contribution in [1.82, 2.24) is 5.32 Å². The van der Waals surface area contributed by atoms with Gasteiger partial charge < -0.3 is 15.3 Å². The molecule has 0 saturated carbocycles. The normalized spacial score (nSPS) is 14.9. The van der Waals surface area contributed by atoms with E-state index in [1.165, 1.54) is 6.20 Å². The molecule has 1 heterocycles. The molecule has 0 aromatic heterocycles. The third-order valence-corrected chi connectivity index (χ3v) is 3.88. The van der Waals surface area contributed by atoms with Gasteiger partial charge >= 0.3 is 5.97 Å². The van der Waals surface area contributed by atoms with Crippen LogP contribution in [0.25, 0.3) is 0 Å². The monoisotopic (exact) mass is 327 g/mol. The van der Waals surface area contributed by atoms with E-state index in [2.05, 4.69) is 5.32 Å². The second kappa shape index (κ2) is 7.64. The van der Waals surface area contributed by atoms with Gasteiger partial charge in [0, 0.05) is 18.4 Å². The number of carboxylic acids is 1. The van der Waals surface area contributed by atoms with Crippen LogP contribution in [0.2, 0.25) is 0 Å². The van der Waals surface area contributed by atoms with Crippen LogP contribution in [0.5, 0.6) is 0 Å². The van der Waals surface area contributed by atoms with E-state index < -0.39 is 17.9 Å². The number of benzene rings is 1. The van der Waals surface area contributed by atoms with Gasteiger partial charge in [-0.25, -0.2) is 4.79 Å². The van der Waals surface area contributed by atoms with Crippen molar-refractivity contribution < 1.29 is 14.7 Å². The Morgan fingerprint density at radius 2 is 2.12 bits per heavy atom. The predicted octanol–water partition coefficient (Wildman–Crippen LogP) is 2.07. The summed E-state index contributed by atoms with van der Waals surface area (Å²) in [5.74, 6) is -1.64. The summed E-state index contributed by atoms with van der Waals surface area (Å²) in [4.78, 5) is 25.4. The summed E-state index contributed by atoms with van der Waals surface area (Å²) in [6, 6.07) is 8.67. The van der Waals surface area contributed by atoms with Crippen molar-refractivity contribution in [3.05, 3.63) is 41.6 Å². The number of fused-ring (bicyclic) bond motifs is 1. The van der Waals surface area contributed by atoms with Crippen molar-refractivity contribution in [3.63, 3.8) is 0 Å². The number of carboxylic acid groups (broad SMARTS) is 1. The summed E-state index contributed by atoms with van der Waals surface area (Å²) in [5, 5.41) is 20.9. The maximum atomic E-state index is 12.3. The van der Waals surface area contributed by atoms with Crippen molar-refractivity contribution >= 4 is 17.6 Å². The summed E-state index contributed by atoms with van der Waals surface area (Å²) in [7, 11) is 0. The molecule has 126 valence electrons. The van der Waals surface area contributed by atoms with E-state index in [1.807, 2.05) is 49.1 Å². The molecule has 1 amide bonds. The summed E-state index contributed by atoms with van der Waals surface area (Å²) in [6.07, 6.45) is 2.65. The lowest BCUT2D eigenvalue weighted by Gasteiger charge is -2.18. The molecule has 1 aliphatic rings. The Morgan fingerprint density at radius 3 is 2.75 bits per heavy atom. The molecule has 6 heteroatoms. The average molecular weight is 327 g/mol. The van der Waals surface area contributed by atoms with Gasteiger partial charge in [-0.1, -0.05) is 32.0 Å². The van der Waals surface area contributed by atoms with Crippen LogP contribution in [0.3, 0.4) is 0 Å². The van der Waals surface area contributed by atoms with Crippen LogP contribution in [-0.2, 0) is 16.0 Å². The van der Waals surface area contributed by atoms with Gasteiger partial charge in [0.2, 0.25) is 0 Å². The zero-order valence-corrected chi connectivity index (χ0v) is 13.8. The van der Waals surface area contributed by atoms with Gasteiger partial charge in [0.15, 0.2) is 0 Å². The molecule has 1 unspecified atom stereocenters. The van der Waals surface area contributed by atoms with Gasteiger partial charge in [0.1, 0.15) is 17.7 Å². The van der Waals surface area contributed by atoms with E-state index in [1.54, 1.807) is 0 Å². The lowest BCUT2D eigenvalue weighted by molar-refractivity contribution is -0.141. The second-order valence-corrected chi connectivity index (χ2v) is 6.22. The minimum Gasteiger partial charge on any atom is -0.480 e. The molecule has 0 fully saturated rings. The molecule has 2 rings (SSSR count). The zero-order chi connectivity index (χ0) is 17.7. The number of nitrogens with one attached hydrogen (secondary N) is 1.